The topological polar surface area (TPSA) is 144 Å². The molecule has 2 aromatic rings. The number of aliphatic hydroxyl groups is 2. The average molecular weight is 578 g/mol. The minimum absolute atomic E-state index is 0.00684. The molecule has 37 heavy (non-hydrogen) atoms. The Hall–Kier alpha value is -2.03. The average Bonchev–Trinajstić information content (AvgIpc) is 2.98. The van der Waals surface area contributed by atoms with Gasteiger partial charge in [0, 0.05) is 6.20 Å². The summed E-state index contributed by atoms with van der Waals surface area (Å²) in [4.78, 5) is 15.0. The largest absolute Gasteiger partial charge is 0.462 e. The minimum Gasteiger partial charge on any atom is -0.462 e. The van der Waals surface area contributed by atoms with Crippen molar-refractivity contribution in [2.75, 3.05) is 6.61 Å². The summed E-state index contributed by atoms with van der Waals surface area (Å²) in [5, 5.41) is 24.0. The van der Waals surface area contributed by atoms with Crippen LogP contribution < -0.4 is 9.61 Å². The molecule has 0 bridgehead atoms. The summed E-state index contributed by atoms with van der Waals surface area (Å²) in [7, 11) is -4.48. The number of benzene rings is 1. The SMILES string of the molecule is CC(C)OC(=O)[C@H](C)NP(=O)(OC[C@@]1(F)O[C@@H](n2ccc(=S)[nH]c2=S)[C@](C)(O)C1O)Oc1ccccc1. The summed E-state index contributed by atoms with van der Waals surface area (Å²) in [5.41, 5.74) is -2.20. The number of rotatable bonds is 10. The lowest BCUT2D eigenvalue weighted by Gasteiger charge is -2.29. The predicted molar refractivity (Wildman–Crippen MR) is 135 cm³/mol. The van der Waals surface area contributed by atoms with Crippen LogP contribution in [0.15, 0.2) is 42.6 Å². The molecule has 15 heteroatoms. The predicted octanol–water partition coefficient (Wildman–Crippen LogP) is 3.72. The molecule has 2 unspecified atom stereocenters. The van der Waals surface area contributed by atoms with Crippen molar-refractivity contribution in [3.05, 3.63) is 52.0 Å². The van der Waals surface area contributed by atoms with Gasteiger partial charge in [0.25, 0.3) is 5.85 Å². The molecule has 3 rings (SSSR count). The van der Waals surface area contributed by atoms with E-state index in [0.717, 1.165) is 6.92 Å². The smallest absolute Gasteiger partial charge is 0.459 e. The van der Waals surface area contributed by atoms with Gasteiger partial charge in [-0.3, -0.25) is 13.9 Å². The van der Waals surface area contributed by atoms with E-state index in [-0.39, 0.29) is 10.5 Å². The molecule has 4 N–H and O–H groups in total. The zero-order valence-electron chi connectivity index (χ0n) is 20.5. The van der Waals surface area contributed by atoms with Gasteiger partial charge in [-0.25, -0.2) is 8.96 Å². The molecular weight excluding hydrogens is 548 g/mol. The van der Waals surface area contributed by atoms with Gasteiger partial charge in [-0.05, 0) is 58.1 Å². The standard InChI is InChI=1S/C22H29FN3O8PS2/c1-13(2)32-17(27)14(3)25-35(30,34-15-8-6-5-7-9-15)31-12-22(23)18(28)21(4,29)19(33-22)26-11-10-16(36)24-20(26)37/h5-11,13-14,18-19,28-29H,12H2,1-4H3,(H,25,30)(H,24,36,37)/t14-,18?,19+,21+,22+,35?/m0/s1. The molecule has 1 fully saturated rings. The fourth-order valence-electron chi connectivity index (χ4n) is 3.51. The summed E-state index contributed by atoms with van der Waals surface area (Å²) >= 11 is 10.2. The van der Waals surface area contributed by atoms with E-state index in [4.69, 9.17) is 43.0 Å². The number of esters is 1. The van der Waals surface area contributed by atoms with Crippen LogP contribution in [0.4, 0.5) is 4.39 Å². The third-order valence-corrected chi connectivity index (χ3v) is 7.51. The maximum absolute atomic E-state index is 16.0. The maximum Gasteiger partial charge on any atom is 0.459 e. The molecule has 1 aromatic carbocycles. The van der Waals surface area contributed by atoms with E-state index in [1.165, 1.54) is 35.9 Å². The fourth-order valence-corrected chi connectivity index (χ4v) is 5.51. The van der Waals surface area contributed by atoms with Crippen LogP contribution in [0.25, 0.3) is 0 Å². The highest BCUT2D eigenvalue weighted by Crippen LogP contribution is 2.50. The van der Waals surface area contributed by atoms with Crippen LogP contribution in [0, 0.1) is 9.41 Å². The Morgan fingerprint density at radius 1 is 1.30 bits per heavy atom. The molecule has 1 aliphatic heterocycles. The molecule has 2 heterocycles. The van der Waals surface area contributed by atoms with Crippen molar-refractivity contribution in [1.82, 2.24) is 14.6 Å². The number of para-hydroxylation sites is 1. The number of carbonyl (C=O) groups is 1. The number of aromatic amines is 1. The first-order valence-electron chi connectivity index (χ1n) is 11.2. The molecule has 0 spiro atoms. The Morgan fingerprint density at radius 3 is 2.54 bits per heavy atom. The van der Waals surface area contributed by atoms with Gasteiger partial charge in [0.2, 0.25) is 0 Å². The summed E-state index contributed by atoms with van der Waals surface area (Å²) < 4.78 is 52.4. The number of ether oxygens (including phenoxy) is 2. The molecule has 11 nitrogen and oxygen atoms in total. The van der Waals surface area contributed by atoms with Crippen molar-refractivity contribution in [3.8, 4) is 5.75 Å². The van der Waals surface area contributed by atoms with Crippen LogP contribution in [0.3, 0.4) is 0 Å². The Balaban J connectivity index is 1.86. The van der Waals surface area contributed by atoms with Gasteiger partial charge in [-0.2, -0.15) is 5.09 Å². The number of halogens is 1. The first kappa shape index (κ1) is 29.5. The molecule has 204 valence electrons. The molecule has 0 aliphatic carbocycles. The normalized spacial score (nSPS) is 28.0. The number of hydrogen-bond acceptors (Lipinski definition) is 10. The monoisotopic (exact) mass is 577 g/mol. The van der Waals surface area contributed by atoms with Crippen LogP contribution in [0.1, 0.15) is 33.9 Å². The maximum atomic E-state index is 16.0. The second kappa shape index (κ2) is 11.4. The Kier molecular flexibility index (Phi) is 9.08. The molecular formula is C22H29FN3O8PS2. The molecule has 1 aromatic heterocycles. The molecule has 0 radical (unpaired) electrons. The second-order valence-electron chi connectivity index (χ2n) is 8.91. The number of alkyl halides is 1. The number of nitrogens with one attached hydrogen (secondary N) is 2. The molecule has 0 amide bonds. The minimum atomic E-state index is -4.48. The first-order valence-corrected chi connectivity index (χ1v) is 13.6. The highest BCUT2D eigenvalue weighted by molar-refractivity contribution is 7.72. The number of nitrogens with zero attached hydrogens (tertiary/aromatic N) is 1. The van der Waals surface area contributed by atoms with E-state index >= 15 is 4.39 Å². The summed E-state index contributed by atoms with van der Waals surface area (Å²) in [5.74, 6) is -3.71. The van der Waals surface area contributed by atoms with E-state index < -0.39 is 56.3 Å². The lowest BCUT2D eigenvalue weighted by atomic mass is 9.95. The number of hydrogen-bond donors (Lipinski definition) is 4. The number of aliphatic hydroxyl groups excluding tert-OH is 1. The van der Waals surface area contributed by atoms with Crippen molar-refractivity contribution in [2.45, 2.75) is 63.6 Å². The second-order valence-corrected chi connectivity index (χ2v) is 11.4. The van der Waals surface area contributed by atoms with E-state index in [2.05, 4.69) is 10.1 Å². The number of carbonyl (C=O) groups excluding carboxylic acids is 1. The van der Waals surface area contributed by atoms with Crippen LogP contribution >= 0.6 is 32.2 Å². The summed E-state index contributed by atoms with van der Waals surface area (Å²) in [6.45, 7) is 4.64. The van der Waals surface area contributed by atoms with E-state index in [9.17, 15) is 19.6 Å². The fraction of sp³-hybridized carbons (Fsp3) is 0.500. The highest BCUT2D eigenvalue weighted by Gasteiger charge is 2.63. The van der Waals surface area contributed by atoms with Gasteiger partial charge in [0.05, 0.1) is 6.10 Å². The molecule has 6 atom stereocenters. The van der Waals surface area contributed by atoms with Crippen LogP contribution in [0.5, 0.6) is 5.75 Å². The van der Waals surface area contributed by atoms with Crippen molar-refractivity contribution in [1.29, 1.82) is 0 Å². The van der Waals surface area contributed by atoms with Gasteiger partial charge in [-0.1, -0.05) is 30.4 Å². The third-order valence-electron chi connectivity index (χ3n) is 5.33. The summed E-state index contributed by atoms with van der Waals surface area (Å²) in [6.07, 6.45) is -2.74. The van der Waals surface area contributed by atoms with Gasteiger partial charge in [0.1, 0.15) is 34.7 Å². The van der Waals surface area contributed by atoms with Gasteiger partial charge >= 0.3 is 13.7 Å². The van der Waals surface area contributed by atoms with Crippen molar-refractivity contribution in [3.63, 3.8) is 0 Å². The Morgan fingerprint density at radius 2 is 1.95 bits per heavy atom. The Bertz CT molecular complexity index is 1270. The van der Waals surface area contributed by atoms with Crippen LogP contribution in [-0.4, -0.2) is 62.0 Å². The molecule has 1 aliphatic rings. The van der Waals surface area contributed by atoms with E-state index in [1.54, 1.807) is 32.0 Å². The zero-order chi connectivity index (χ0) is 27.6. The molecule has 1 saturated heterocycles. The van der Waals surface area contributed by atoms with Crippen LogP contribution in [-0.2, 0) is 23.4 Å². The number of aromatic nitrogens is 2. The quantitative estimate of drug-likeness (QED) is 0.186. The third kappa shape index (κ3) is 6.89. The highest BCUT2D eigenvalue weighted by atomic mass is 32.1. The lowest BCUT2D eigenvalue weighted by Crippen LogP contribution is -2.49. The number of H-pyrrole nitrogens is 1. The lowest BCUT2D eigenvalue weighted by molar-refractivity contribution is -0.203. The zero-order valence-corrected chi connectivity index (χ0v) is 23.0. The van der Waals surface area contributed by atoms with E-state index in [0.29, 0.717) is 4.64 Å². The van der Waals surface area contributed by atoms with Gasteiger partial charge < -0.3 is 29.2 Å². The van der Waals surface area contributed by atoms with Crippen molar-refractivity contribution in [2.24, 2.45) is 0 Å². The van der Waals surface area contributed by atoms with Crippen molar-refractivity contribution >= 4 is 38.2 Å². The van der Waals surface area contributed by atoms with E-state index in [1.807, 2.05) is 0 Å². The van der Waals surface area contributed by atoms with Crippen LogP contribution in [0.2, 0.25) is 0 Å². The first-order chi connectivity index (χ1) is 17.2. The molecule has 0 saturated carbocycles. The summed E-state index contributed by atoms with van der Waals surface area (Å²) in [6, 6.07) is 8.11. The van der Waals surface area contributed by atoms with Gasteiger partial charge in [-0.15, -0.1) is 0 Å². The van der Waals surface area contributed by atoms with Crippen molar-refractivity contribution < 1.29 is 42.5 Å². The van der Waals surface area contributed by atoms with Gasteiger partial charge in [0.15, 0.2) is 11.0 Å². The Labute approximate surface area is 223 Å².